The van der Waals surface area contributed by atoms with Gasteiger partial charge in [0.15, 0.2) is 11.5 Å². The topological polar surface area (TPSA) is 47.7 Å². The van der Waals surface area contributed by atoms with Crippen LogP contribution in [-0.4, -0.2) is 36.9 Å². The molecular weight excluding hydrogens is 264 g/mol. The molecule has 4 heteroatoms. The summed E-state index contributed by atoms with van der Waals surface area (Å²) in [6.07, 6.45) is 3.39. The van der Waals surface area contributed by atoms with E-state index < -0.39 is 0 Å². The van der Waals surface area contributed by atoms with Gasteiger partial charge in [0.2, 0.25) is 6.79 Å². The second-order valence-corrected chi connectivity index (χ2v) is 6.73. The summed E-state index contributed by atoms with van der Waals surface area (Å²) in [6.45, 7) is 8.03. The SMILES string of the molecule is CC1CCN(C(C)(CN)CCc2ccc3c(c2)OCO3)C1. The van der Waals surface area contributed by atoms with Crippen LogP contribution in [0.1, 0.15) is 32.3 Å². The number of nitrogens with zero attached hydrogens (tertiary/aromatic N) is 1. The van der Waals surface area contributed by atoms with Crippen molar-refractivity contribution in [1.29, 1.82) is 0 Å². The summed E-state index contributed by atoms with van der Waals surface area (Å²) in [5.41, 5.74) is 7.50. The fraction of sp³-hybridized carbons (Fsp3) is 0.647. The van der Waals surface area contributed by atoms with E-state index in [0.29, 0.717) is 13.3 Å². The highest BCUT2D eigenvalue weighted by molar-refractivity contribution is 5.44. The zero-order chi connectivity index (χ0) is 14.9. The molecule has 2 heterocycles. The first-order chi connectivity index (χ1) is 10.1. The maximum Gasteiger partial charge on any atom is 0.231 e. The molecule has 1 fully saturated rings. The van der Waals surface area contributed by atoms with Crippen LogP contribution < -0.4 is 15.2 Å². The van der Waals surface area contributed by atoms with Crippen LogP contribution in [0.4, 0.5) is 0 Å². The molecule has 1 aromatic rings. The van der Waals surface area contributed by atoms with Gasteiger partial charge >= 0.3 is 0 Å². The van der Waals surface area contributed by atoms with Gasteiger partial charge < -0.3 is 15.2 Å². The number of fused-ring (bicyclic) bond motifs is 1. The molecule has 1 aromatic carbocycles. The minimum Gasteiger partial charge on any atom is -0.454 e. The molecule has 0 spiro atoms. The fourth-order valence-corrected chi connectivity index (χ4v) is 3.32. The lowest BCUT2D eigenvalue weighted by Crippen LogP contribution is -2.50. The third-order valence-corrected chi connectivity index (χ3v) is 5.02. The molecule has 0 saturated carbocycles. The predicted octanol–water partition coefficient (Wildman–Crippen LogP) is 2.41. The van der Waals surface area contributed by atoms with Crippen LogP contribution in [0, 0.1) is 5.92 Å². The van der Waals surface area contributed by atoms with Crippen molar-refractivity contribution in [3.05, 3.63) is 23.8 Å². The summed E-state index contributed by atoms with van der Waals surface area (Å²) in [6, 6.07) is 6.25. The minimum atomic E-state index is 0.0983. The highest BCUT2D eigenvalue weighted by Crippen LogP contribution is 2.34. The van der Waals surface area contributed by atoms with Crippen LogP contribution in [-0.2, 0) is 6.42 Å². The minimum absolute atomic E-state index is 0.0983. The average molecular weight is 290 g/mol. The second-order valence-electron chi connectivity index (χ2n) is 6.73. The number of hydrogen-bond acceptors (Lipinski definition) is 4. The lowest BCUT2D eigenvalue weighted by Gasteiger charge is -2.38. The van der Waals surface area contributed by atoms with Gasteiger partial charge in [-0.2, -0.15) is 0 Å². The summed E-state index contributed by atoms with van der Waals surface area (Å²) >= 11 is 0. The smallest absolute Gasteiger partial charge is 0.231 e. The van der Waals surface area contributed by atoms with Crippen molar-refractivity contribution in [2.75, 3.05) is 26.4 Å². The molecule has 2 aliphatic rings. The Balaban J connectivity index is 1.64. The van der Waals surface area contributed by atoms with E-state index in [1.807, 2.05) is 6.07 Å². The largest absolute Gasteiger partial charge is 0.454 e. The molecule has 0 radical (unpaired) electrons. The van der Waals surface area contributed by atoms with E-state index in [4.69, 9.17) is 15.2 Å². The summed E-state index contributed by atoms with van der Waals surface area (Å²) < 4.78 is 10.8. The van der Waals surface area contributed by atoms with Crippen molar-refractivity contribution >= 4 is 0 Å². The third-order valence-electron chi connectivity index (χ3n) is 5.02. The standard InChI is InChI=1S/C17H26N2O2/c1-13-6-8-19(10-13)17(2,11-18)7-5-14-3-4-15-16(9-14)21-12-20-15/h3-4,9,13H,5-8,10-12,18H2,1-2H3. The molecule has 21 heavy (non-hydrogen) atoms. The lowest BCUT2D eigenvalue weighted by molar-refractivity contribution is 0.128. The summed E-state index contributed by atoms with van der Waals surface area (Å²) in [5.74, 6) is 2.52. The Morgan fingerprint density at radius 3 is 2.86 bits per heavy atom. The molecular formula is C17H26N2O2. The van der Waals surface area contributed by atoms with Crippen LogP contribution in [0.5, 0.6) is 11.5 Å². The molecule has 0 aromatic heterocycles. The van der Waals surface area contributed by atoms with Gasteiger partial charge in [0.25, 0.3) is 0 Å². The summed E-state index contributed by atoms with van der Waals surface area (Å²) in [7, 11) is 0. The van der Waals surface area contributed by atoms with E-state index in [-0.39, 0.29) is 5.54 Å². The van der Waals surface area contributed by atoms with E-state index >= 15 is 0 Å². The zero-order valence-corrected chi connectivity index (χ0v) is 13.1. The van der Waals surface area contributed by atoms with Crippen molar-refractivity contribution in [1.82, 2.24) is 4.90 Å². The molecule has 2 N–H and O–H groups in total. The number of likely N-dealkylation sites (tertiary alicyclic amines) is 1. The van der Waals surface area contributed by atoms with Crippen molar-refractivity contribution < 1.29 is 9.47 Å². The molecule has 3 rings (SSSR count). The van der Waals surface area contributed by atoms with Gasteiger partial charge in [-0.3, -0.25) is 4.90 Å². The Bertz CT molecular complexity index is 506. The van der Waals surface area contributed by atoms with Crippen molar-refractivity contribution in [2.45, 2.75) is 38.6 Å². The third kappa shape index (κ3) is 3.01. The van der Waals surface area contributed by atoms with Crippen LogP contribution >= 0.6 is 0 Å². The van der Waals surface area contributed by atoms with Crippen molar-refractivity contribution in [3.8, 4) is 11.5 Å². The van der Waals surface area contributed by atoms with Crippen LogP contribution in [0.2, 0.25) is 0 Å². The second kappa shape index (κ2) is 5.85. The zero-order valence-electron chi connectivity index (χ0n) is 13.1. The molecule has 0 aliphatic carbocycles. The summed E-state index contributed by atoms with van der Waals surface area (Å²) in [5, 5.41) is 0. The van der Waals surface area contributed by atoms with E-state index in [1.54, 1.807) is 0 Å². The highest BCUT2D eigenvalue weighted by atomic mass is 16.7. The van der Waals surface area contributed by atoms with Gasteiger partial charge in [0.05, 0.1) is 0 Å². The van der Waals surface area contributed by atoms with E-state index in [2.05, 4.69) is 30.9 Å². The first-order valence-electron chi connectivity index (χ1n) is 7.94. The number of nitrogens with two attached hydrogens (primary N) is 1. The molecule has 2 atom stereocenters. The maximum absolute atomic E-state index is 6.10. The molecule has 116 valence electrons. The number of hydrogen-bond donors (Lipinski definition) is 1. The quantitative estimate of drug-likeness (QED) is 0.904. The molecule has 0 amide bonds. The van der Waals surface area contributed by atoms with Gasteiger partial charge in [-0.15, -0.1) is 0 Å². The summed E-state index contributed by atoms with van der Waals surface area (Å²) in [4.78, 5) is 2.57. The molecule has 2 aliphatic heterocycles. The van der Waals surface area contributed by atoms with Crippen LogP contribution in [0.3, 0.4) is 0 Å². The Morgan fingerprint density at radius 2 is 2.14 bits per heavy atom. The van der Waals surface area contributed by atoms with E-state index in [1.165, 1.54) is 25.1 Å². The lowest BCUT2D eigenvalue weighted by atomic mass is 9.91. The number of rotatable bonds is 5. The Morgan fingerprint density at radius 1 is 1.33 bits per heavy atom. The average Bonchev–Trinajstić information content (AvgIpc) is 3.13. The fourth-order valence-electron chi connectivity index (χ4n) is 3.32. The molecule has 0 bridgehead atoms. The molecule has 1 saturated heterocycles. The monoisotopic (exact) mass is 290 g/mol. The predicted molar refractivity (Wildman–Crippen MR) is 83.7 cm³/mol. The maximum atomic E-state index is 6.10. The molecule has 4 nitrogen and oxygen atoms in total. The normalized spacial score (nSPS) is 24.2. The van der Waals surface area contributed by atoms with Gasteiger partial charge in [-0.25, -0.2) is 0 Å². The number of aryl methyl sites for hydroxylation is 1. The first kappa shape index (κ1) is 14.7. The Labute approximate surface area is 127 Å². The van der Waals surface area contributed by atoms with Crippen LogP contribution in [0.25, 0.3) is 0 Å². The Hall–Kier alpha value is -1.26. The van der Waals surface area contributed by atoms with Crippen LogP contribution in [0.15, 0.2) is 18.2 Å². The number of benzene rings is 1. The molecule has 2 unspecified atom stereocenters. The first-order valence-corrected chi connectivity index (χ1v) is 7.94. The van der Waals surface area contributed by atoms with Crippen molar-refractivity contribution in [3.63, 3.8) is 0 Å². The Kier molecular flexibility index (Phi) is 4.09. The van der Waals surface area contributed by atoms with E-state index in [0.717, 1.165) is 30.3 Å². The van der Waals surface area contributed by atoms with Gasteiger partial charge in [-0.05, 0) is 56.3 Å². The van der Waals surface area contributed by atoms with Gasteiger partial charge in [0.1, 0.15) is 0 Å². The van der Waals surface area contributed by atoms with Crippen molar-refractivity contribution in [2.24, 2.45) is 11.7 Å². The van der Waals surface area contributed by atoms with Gasteiger partial charge in [-0.1, -0.05) is 13.0 Å². The van der Waals surface area contributed by atoms with E-state index in [9.17, 15) is 0 Å². The number of ether oxygens (including phenoxy) is 2. The highest BCUT2D eigenvalue weighted by Gasteiger charge is 2.34. The van der Waals surface area contributed by atoms with Gasteiger partial charge in [0, 0.05) is 18.6 Å².